The van der Waals surface area contributed by atoms with Gasteiger partial charge in [0.15, 0.2) is 0 Å². The normalized spacial score (nSPS) is 12.0. The van der Waals surface area contributed by atoms with E-state index >= 15 is 0 Å². The van der Waals surface area contributed by atoms with Gasteiger partial charge in [0.1, 0.15) is 0 Å². The monoisotopic (exact) mass is 225 g/mol. The topological polar surface area (TPSA) is 39.1 Å². The lowest BCUT2D eigenvalue weighted by Gasteiger charge is -2.24. The molecule has 0 aliphatic carbocycles. The molecule has 0 atom stereocenters. The molecule has 0 saturated carbocycles. The Bertz CT molecular complexity index is 307. The first-order chi connectivity index (χ1) is 7.57. The number of methoxy groups -OCH3 is 1. The minimum atomic E-state index is 0.00159. The van der Waals surface area contributed by atoms with Crippen LogP contribution in [0.4, 0.5) is 0 Å². The van der Waals surface area contributed by atoms with E-state index in [9.17, 15) is 0 Å². The summed E-state index contributed by atoms with van der Waals surface area (Å²) in [6.45, 7) is 8.94. The number of nitrogens with zero attached hydrogens (tertiary/aromatic N) is 2. The largest absolute Gasteiger partial charge is 0.383 e. The summed E-state index contributed by atoms with van der Waals surface area (Å²) in [7, 11) is 1.72. The minimum absolute atomic E-state index is 0.00159. The van der Waals surface area contributed by atoms with Crippen molar-refractivity contribution in [3.05, 3.63) is 18.0 Å². The molecule has 0 aliphatic rings. The van der Waals surface area contributed by atoms with Crippen molar-refractivity contribution in [2.75, 3.05) is 13.7 Å². The summed E-state index contributed by atoms with van der Waals surface area (Å²) in [6.07, 6.45) is 5.13. The predicted molar refractivity (Wildman–Crippen MR) is 65.3 cm³/mol. The molecule has 1 aromatic heterocycles. The molecule has 1 N–H and O–H groups in total. The summed E-state index contributed by atoms with van der Waals surface area (Å²) in [6, 6.07) is 0. The Balaban J connectivity index is 2.41. The third kappa shape index (κ3) is 4.33. The third-order valence-corrected chi connectivity index (χ3v) is 2.42. The quantitative estimate of drug-likeness (QED) is 0.769. The van der Waals surface area contributed by atoms with Crippen LogP contribution in [-0.2, 0) is 17.8 Å². The Morgan fingerprint density at radius 3 is 2.88 bits per heavy atom. The molecule has 16 heavy (non-hydrogen) atoms. The second-order valence-electron chi connectivity index (χ2n) is 4.78. The van der Waals surface area contributed by atoms with E-state index in [0.29, 0.717) is 6.61 Å². The van der Waals surface area contributed by atoms with Crippen LogP contribution in [0.1, 0.15) is 32.8 Å². The summed E-state index contributed by atoms with van der Waals surface area (Å²) in [4.78, 5) is 0. The highest BCUT2D eigenvalue weighted by atomic mass is 16.5. The van der Waals surface area contributed by atoms with Crippen LogP contribution in [0, 0.1) is 0 Å². The van der Waals surface area contributed by atoms with Gasteiger partial charge in [-0.2, -0.15) is 5.10 Å². The molecular formula is C12H23N3O. The fraction of sp³-hybridized carbons (Fsp3) is 0.750. The molecule has 1 heterocycles. The fourth-order valence-corrected chi connectivity index (χ4v) is 1.60. The Kier molecular flexibility index (Phi) is 4.96. The summed E-state index contributed by atoms with van der Waals surface area (Å²) in [5.74, 6) is 0. The Hall–Kier alpha value is -0.870. The van der Waals surface area contributed by atoms with Crippen molar-refractivity contribution >= 4 is 0 Å². The molecule has 0 radical (unpaired) electrons. The highest BCUT2D eigenvalue weighted by Gasteiger charge is 2.16. The lowest BCUT2D eigenvalue weighted by Crippen LogP contribution is -2.42. The van der Waals surface area contributed by atoms with Gasteiger partial charge >= 0.3 is 0 Å². The zero-order valence-corrected chi connectivity index (χ0v) is 10.8. The van der Waals surface area contributed by atoms with E-state index in [1.165, 1.54) is 5.56 Å². The molecule has 1 aromatic rings. The highest BCUT2D eigenvalue weighted by molar-refractivity contribution is 5.04. The summed E-state index contributed by atoms with van der Waals surface area (Å²) < 4.78 is 7.14. The molecule has 0 unspecified atom stereocenters. The highest BCUT2D eigenvalue weighted by Crippen LogP contribution is 2.05. The standard InChI is InChI=1S/C12H23N3O/c1-5-6-15-9-11(8-14-15)7-13-12(2,3)10-16-4/h8-9,13H,5-7,10H2,1-4H3. The van der Waals surface area contributed by atoms with Crippen molar-refractivity contribution in [1.82, 2.24) is 15.1 Å². The average molecular weight is 225 g/mol. The van der Waals surface area contributed by atoms with Gasteiger partial charge in [-0.1, -0.05) is 6.92 Å². The van der Waals surface area contributed by atoms with E-state index in [-0.39, 0.29) is 5.54 Å². The molecule has 0 aromatic carbocycles. The molecule has 0 bridgehead atoms. The maximum absolute atomic E-state index is 5.16. The Morgan fingerprint density at radius 2 is 2.25 bits per heavy atom. The SMILES string of the molecule is CCCn1cc(CNC(C)(C)COC)cn1. The number of aromatic nitrogens is 2. The third-order valence-electron chi connectivity index (χ3n) is 2.42. The second-order valence-corrected chi connectivity index (χ2v) is 4.78. The zero-order chi connectivity index (χ0) is 12.0. The lowest BCUT2D eigenvalue weighted by molar-refractivity contribution is 0.128. The van der Waals surface area contributed by atoms with Gasteiger partial charge in [-0.25, -0.2) is 0 Å². The Labute approximate surface area is 98.0 Å². The molecule has 0 saturated heterocycles. The van der Waals surface area contributed by atoms with Crippen molar-refractivity contribution in [2.45, 2.75) is 45.8 Å². The van der Waals surface area contributed by atoms with E-state index in [4.69, 9.17) is 4.74 Å². The maximum atomic E-state index is 5.16. The molecule has 4 nitrogen and oxygen atoms in total. The molecule has 0 spiro atoms. The van der Waals surface area contributed by atoms with Gasteiger partial charge < -0.3 is 10.1 Å². The van der Waals surface area contributed by atoms with Crippen molar-refractivity contribution in [3.8, 4) is 0 Å². The van der Waals surface area contributed by atoms with Gasteiger partial charge in [0.05, 0.1) is 12.8 Å². The van der Waals surface area contributed by atoms with Gasteiger partial charge in [-0.3, -0.25) is 4.68 Å². The summed E-state index contributed by atoms with van der Waals surface area (Å²) in [5, 5.41) is 7.75. The molecular weight excluding hydrogens is 202 g/mol. The van der Waals surface area contributed by atoms with Gasteiger partial charge in [0.2, 0.25) is 0 Å². The van der Waals surface area contributed by atoms with Crippen LogP contribution in [0.3, 0.4) is 0 Å². The number of hydrogen-bond acceptors (Lipinski definition) is 3. The van der Waals surface area contributed by atoms with Gasteiger partial charge in [-0.15, -0.1) is 0 Å². The van der Waals surface area contributed by atoms with Crippen LogP contribution < -0.4 is 5.32 Å². The van der Waals surface area contributed by atoms with Gasteiger partial charge in [0, 0.05) is 37.5 Å². The maximum Gasteiger partial charge on any atom is 0.0639 e. The molecule has 0 fully saturated rings. The predicted octanol–water partition coefficient (Wildman–Crippen LogP) is 1.81. The molecule has 0 aliphatic heterocycles. The minimum Gasteiger partial charge on any atom is -0.383 e. The smallest absolute Gasteiger partial charge is 0.0639 e. The number of nitrogens with one attached hydrogen (secondary N) is 1. The summed E-state index contributed by atoms with van der Waals surface area (Å²) >= 11 is 0. The van der Waals surface area contributed by atoms with E-state index < -0.39 is 0 Å². The van der Waals surface area contributed by atoms with Crippen LogP contribution in [0.15, 0.2) is 12.4 Å². The molecule has 92 valence electrons. The number of rotatable bonds is 7. The number of aryl methyl sites for hydroxylation is 1. The van der Waals surface area contributed by atoms with Crippen molar-refractivity contribution in [3.63, 3.8) is 0 Å². The molecule has 0 amide bonds. The lowest BCUT2D eigenvalue weighted by atomic mass is 10.1. The summed E-state index contributed by atoms with van der Waals surface area (Å²) in [5.41, 5.74) is 1.22. The van der Waals surface area contributed by atoms with Crippen molar-refractivity contribution < 1.29 is 4.74 Å². The van der Waals surface area contributed by atoms with E-state index in [1.807, 2.05) is 10.9 Å². The second kappa shape index (κ2) is 6.01. The van der Waals surface area contributed by atoms with E-state index in [0.717, 1.165) is 19.5 Å². The molecule has 1 rings (SSSR count). The van der Waals surface area contributed by atoms with E-state index in [2.05, 4.69) is 37.4 Å². The number of ether oxygens (including phenoxy) is 1. The fourth-order valence-electron chi connectivity index (χ4n) is 1.60. The van der Waals surface area contributed by atoms with Crippen LogP contribution in [0.5, 0.6) is 0 Å². The first kappa shape index (κ1) is 13.2. The van der Waals surface area contributed by atoms with E-state index in [1.54, 1.807) is 7.11 Å². The van der Waals surface area contributed by atoms with Crippen LogP contribution in [-0.4, -0.2) is 29.0 Å². The number of hydrogen-bond donors (Lipinski definition) is 1. The molecule has 4 heteroatoms. The Morgan fingerprint density at radius 1 is 1.50 bits per heavy atom. The van der Waals surface area contributed by atoms with Gasteiger partial charge in [-0.05, 0) is 20.3 Å². The zero-order valence-electron chi connectivity index (χ0n) is 10.8. The first-order valence-electron chi connectivity index (χ1n) is 5.82. The van der Waals surface area contributed by atoms with Crippen LogP contribution >= 0.6 is 0 Å². The van der Waals surface area contributed by atoms with Crippen molar-refractivity contribution in [2.24, 2.45) is 0 Å². The first-order valence-corrected chi connectivity index (χ1v) is 5.82. The van der Waals surface area contributed by atoms with Crippen LogP contribution in [0.2, 0.25) is 0 Å². The van der Waals surface area contributed by atoms with Gasteiger partial charge in [0.25, 0.3) is 0 Å². The van der Waals surface area contributed by atoms with Crippen LogP contribution in [0.25, 0.3) is 0 Å². The average Bonchev–Trinajstić information content (AvgIpc) is 2.64. The van der Waals surface area contributed by atoms with Crippen molar-refractivity contribution in [1.29, 1.82) is 0 Å².